The highest BCUT2D eigenvalue weighted by molar-refractivity contribution is 9.10. The van der Waals surface area contributed by atoms with Gasteiger partial charge in [0.15, 0.2) is 0 Å². The molecule has 0 bridgehead atoms. The quantitative estimate of drug-likeness (QED) is 0.901. The number of hydrogen-bond donors (Lipinski definition) is 2. The molecule has 98 valence electrons. The van der Waals surface area contributed by atoms with Gasteiger partial charge in [0.2, 0.25) is 0 Å². The smallest absolute Gasteiger partial charge is 0.319 e. The number of carbonyl (C=O) groups excluding carboxylic acids is 1. The van der Waals surface area contributed by atoms with E-state index < -0.39 is 0 Å². The number of hydrogen-bond acceptors (Lipinski definition) is 2. The molecule has 1 aromatic carbocycles. The highest BCUT2D eigenvalue weighted by Gasteiger charge is 2.14. The predicted molar refractivity (Wildman–Crippen MR) is 74.7 cm³/mol. The summed E-state index contributed by atoms with van der Waals surface area (Å²) in [5.41, 5.74) is 0.780. The molecule has 0 radical (unpaired) electrons. The van der Waals surface area contributed by atoms with Gasteiger partial charge in [0.05, 0.1) is 5.69 Å². The molecule has 0 unspecified atom stereocenters. The van der Waals surface area contributed by atoms with Crippen molar-refractivity contribution in [3.8, 4) is 0 Å². The van der Waals surface area contributed by atoms with Crippen LogP contribution in [0.5, 0.6) is 0 Å². The molecule has 1 aliphatic heterocycles. The van der Waals surface area contributed by atoms with Crippen molar-refractivity contribution in [2.24, 2.45) is 5.92 Å². The SMILES string of the molecule is O=C(NCC1CCOCC1)Nc1ccccc1Br. The number of benzene rings is 1. The van der Waals surface area contributed by atoms with Crippen LogP contribution in [0.25, 0.3) is 0 Å². The lowest BCUT2D eigenvalue weighted by Gasteiger charge is -2.22. The van der Waals surface area contributed by atoms with Gasteiger partial charge in [-0.05, 0) is 46.8 Å². The van der Waals surface area contributed by atoms with Crippen LogP contribution in [0.4, 0.5) is 10.5 Å². The van der Waals surface area contributed by atoms with Gasteiger partial charge in [0.25, 0.3) is 0 Å². The highest BCUT2D eigenvalue weighted by atomic mass is 79.9. The molecule has 1 aromatic rings. The molecule has 2 rings (SSSR count). The molecule has 0 aromatic heterocycles. The van der Waals surface area contributed by atoms with Crippen molar-refractivity contribution in [2.45, 2.75) is 12.8 Å². The molecular formula is C13H17BrN2O2. The van der Waals surface area contributed by atoms with Crippen molar-refractivity contribution < 1.29 is 9.53 Å². The molecule has 18 heavy (non-hydrogen) atoms. The van der Waals surface area contributed by atoms with Crippen LogP contribution in [0, 0.1) is 5.92 Å². The van der Waals surface area contributed by atoms with Crippen molar-refractivity contribution >= 4 is 27.6 Å². The van der Waals surface area contributed by atoms with E-state index in [9.17, 15) is 4.79 Å². The number of halogens is 1. The minimum absolute atomic E-state index is 0.159. The van der Waals surface area contributed by atoms with Gasteiger partial charge in [-0.2, -0.15) is 0 Å². The second-order valence-electron chi connectivity index (χ2n) is 4.37. The monoisotopic (exact) mass is 312 g/mol. The van der Waals surface area contributed by atoms with Gasteiger partial charge in [-0.1, -0.05) is 12.1 Å². The fourth-order valence-corrected chi connectivity index (χ4v) is 2.30. The highest BCUT2D eigenvalue weighted by Crippen LogP contribution is 2.21. The first-order chi connectivity index (χ1) is 8.75. The first-order valence-electron chi connectivity index (χ1n) is 6.13. The fraction of sp³-hybridized carbons (Fsp3) is 0.462. The zero-order valence-electron chi connectivity index (χ0n) is 10.1. The second kappa shape index (κ2) is 6.75. The third-order valence-electron chi connectivity index (χ3n) is 3.01. The zero-order valence-corrected chi connectivity index (χ0v) is 11.7. The largest absolute Gasteiger partial charge is 0.381 e. The number of amides is 2. The van der Waals surface area contributed by atoms with Crippen LogP contribution in [0.2, 0.25) is 0 Å². The van der Waals surface area contributed by atoms with Crippen LogP contribution in [0.3, 0.4) is 0 Å². The number of urea groups is 1. The van der Waals surface area contributed by atoms with Crippen molar-refractivity contribution in [2.75, 3.05) is 25.1 Å². The molecule has 0 atom stereocenters. The second-order valence-corrected chi connectivity index (χ2v) is 5.22. The van der Waals surface area contributed by atoms with E-state index in [2.05, 4.69) is 26.6 Å². The molecule has 2 amide bonds. The van der Waals surface area contributed by atoms with E-state index in [4.69, 9.17) is 4.74 Å². The summed E-state index contributed by atoms with van der Waals surface area (Å²) >= 11 is 3.39. The topological polar surface area (TPSA) is 50.4 Å². The number of rotatable bonds is 3. The Morgan fingerprint density at radius 3 is 2.78 bits per heavy atom. The summed E-state index contributed by atoms with van der Waals surface area (Å²) in [6, 6.07) is 7.40. The van der Waals surface area contributed by atoms with Gasteiger partial charge in [-0.3, -0.25) is 0 Å². The standard InChI is InChI=1S/C13H17BrN2O2/c14-11-3-1-2-4-12(11)16-13(17)15-9-10-5-7-18-8-6-10/h1-4,10H,5-9H2,(H2,15,16,17). The molecule has 0 saturated carbocycles. The lowest BCUT2D eigenvalue weighted by Crippen LogP contribution is -2.35. The number of nitrogens with one attached hydrogen (secondary N) is 2. The lowest BCUT2D eigenvalue weighted by atomic mass is 10.0. The van der Waals surface area contributed by atoms with Crippen LogP contribution < -0.4 is 10.6 Å². The normalized spacial score (nSPS) is 16.3. The van der Waals surface area contributed by atoms with Crippen molar-refractivity contribution in [3.63, 3.8) is 0 Å². The van der Waals surface area contributed by atoms with E-state index in [0.29, 0.717) is 12.5 Å². The molecule has 4 nitrogen and oxygen atoms in total. The first-order valence-corrected chi connectivity index (χ1v) is 6.92. The molecule has 1 fully saturated rings. The summed E-state index contributed by atoms with van der Waals surface area (Å²) in [4.78, 5) is 11.7. The van der Waals surface area contributed by atoms with E-state index in [1.165, 1.54) is 0 Å². The van der Waals surface area contributed by atoms with Crippen molar-refractivity contribution in [1.82, 2.24) is 5.32 Å². The van der Waals surface area contributed by atoms with Gasteiger partial charge in [-0.15, -0.1) is 0 Å². The van der Waals surface area contributed by atoms with Gasteiger partial charge >= 0.3 is 6.03 Å². The van der Waals surface area contributed by atoms with Gasteiger partial charge < -0.3 is 15.4 Å². The molecule has 1 aliphatic rings. The summed E-state index contributed by atoms with van der Waals surface area (Å²) in [6.07, 6.45) is 2.05. The molecule has 0 spiro atoms. The molecule has 1 saturated heterocycles. The van der Waals surface area contributed by atoms with E-state index >= 15 is 0 Å². The Kier molecular flexibility index (Phi) is 5.01. The summed E-state index contributed by atoms with van der Waals surface area (Å²) in [6.45, 7) is 2.32. The predicted octanol–water partition coefficient (Wildman–Crippen LogP) is 3.00. The number of para-hydroxylation sites is 1. The molecular weight excluding hydrogens is 296 g/mol. The minimum atomic E-state index is -0.159. The minimum Gasteiger partial charge on any atom is -0.381 e. The summed E-state index contributed by atoms with van der Waals surface area (Å²) in [7, 11) is 0. The van der Waals surface area contributed by atoms with Crippen LogP contribution in [0.15, 0.2) is 28.7 Å². The van der Waals surface area contributed by atoms with E-state index in [-0.39, 0.29) is 6.03 Å². The Bertz CT molecular complexity index is 406. The maximum Gasteiger partial charge on any atom is 0.319 e. The summed E-state index contributed by atoms with van der Waals surface area (Å²) < 4.78 is 6.16. The molecule has 2 N–H and O–H groups in total. The van der Waals surface area contributed by atoms with Gasteiger partial charge in [0.1, 0.15) is 0 Å². The van der Waals surface area contributed by atoms with Gasteiger partial charge in [-0.25, -0.2) is 4.79 Å². The Hall–Kier alpha value is -1.07. The average molecular weight is 313 g/mol. The Morgan fingerprint density at radius 2 is 2.06 bits per heavy atom. The third kappa shape index (κ3) is 3.99. The number of carbonyl (C=O) groups is 1. The summed E-state index contributed by atoms with van der Waals surface area (Å²) in [5.74, 6) is 0.531. The first kappa shape index (κ1) is 13.4. The third-order valence-corrected chi connectivity index (χ3v) is 3.71. The van der Waals surface area contributed by atoms with Gasteiger partial charge in [0, 0.05) is 24.2 Å². The number of anilines is 1. The van der Waals surface area contributed by atoms with E-state index in [1.807, 2.05) is 24.3 Å². The fourth-order valence-electron chi connectivity index (χ4n) is 1.92. The lowest BCUT2D eigenvalue weighted by molar-refractivity contribution is 0.0671. The number of ether oxygens (including phenoxy) is 1. The average Bonchev–Trinajstić information content (AvgIpc) is 2.40. The van der Waals surface area contributed by atoms with Crippen LogP contribution in [-0.2, 0) is 4.74 Å². The van der Waals surface area contributed by atoms with Crippen molar-refractivity contribution in [3.05, 3.63) is 28.7 Å². The van der Waals surface area contributed by atoms with E-state index in [0.717, 1.165) is 36.2 Å². The molecule has 0 aliphatic carbocycles. The van der Waals surface area contributed by atoms with E-state index in [1.54, 1.807) is 0 Å². The zero-order chi connectivity index (χ0) is 12.8. The molecule has 5 heteroatoms. The Morgan fingerprint density at radius 1 is 1.33 bits per heavy atom. The van der Waals surface area contributed by atoms with Crippen LogP contribution >= 0.6 is 15.9 Å². The van der Waals surface area contributed by atoms with Crippen molar-refractivity contribution in [1.29, 1.82) is 0 Å². The Balaban J connectivity index is 1.76. The summed E-state index contributed by atoms with van der Waals surface area (Å²) in [5, 5.41) is 5.72. The van der Waals surface area contributed by atoms with Crippen LogP contribution in [-0.4, -0.2) is 25.8 Å². The maximum atomic E-state index is 11.7. The van der Waals surface area contributed by atoms with Crippen LogP contribution in [0.1, 0.15) is 12.8 Å². The Labute approximate surface area is 115 Å². The maximum absolute atomic E-state index is 11.7. The molecule has 1 heterocycles.